The molecule has 2 rings (SSSR count). The number of aryl methyl sites for hydroxylation is 1. The fourth-order valence-electron chi connectivity index (χ4n) is 1.49. The van der Waals surface area contributed by atoms with E-state index in [1.54, 1.807) is 5.51 Å². The molecule has 0 radical (unpaired) electrons. The van der Waals surface area contributed by atoms with Crippen LogP contribution in [0.2, 0.25) is 0 Å². The van der Waals surface area contributed by atoms with Gasteiger partial charge in [-0.15, -0.1) is 10.2 Å². The van der Waals surface area contributed by atoms with Crippen molar-refractivity contribution < 1.29 is 0 Å². The van der Waals surface area contributed by atoms with Gasteiger partial charge in [-0.2, -0.15) is 0 Å². The Labute approximate surface area is 93.0 Å². The Balaban J connectivity index is 1.95. The Morgan fingerprint density at radius 1 is 1.53 bits per heavy atom. The van der Waals surface area contributed by atoms with Gasteiger partial charge in [0.1, 0.15) is 5.51 Å². The van der Waals surface area contributed by atoms with Gasteiger partial charge in [-0.05, 0) is 18.6 Å². The minimum absolute atomic E-state index is 0.808. The molecule has 0 amide bonds. The number of rotatable bonds is 5. The van der Waals surface area contributed by atoms with Crippen LogP contribution in [0.15, 0.2) is 23.8 Å². The third-order valence-corrected chi connectivity index (χ3v) is 2.82. The van der Waals surface area contributed by atoms with Crippen molar-refractivity contribution in [1.29, 1.82) is 0 Å². The molecule has 0 saturated carbocycles. The molecule has 0 unspecified atom stereocenters. The van der Waals surface area contributed by atoms with E-state index in [2.05, 4.69) is 45.3 Å². The van der Waals surface area contributed by atoms with E-state index in [-0.39, 0.29) is 0 Å². The Kier molecular flexibility index (Phi) is 3.34. The van der Waals surface area contributed by atoms with Crippen LogP contribution in [0.4, 0.5) is 5.13 Å². The summed E-state index contributed by atoms with van der Waals surface area (Å²) in [7, 11) is 0. The average molecular weight is 222 g/mol. The molecule has 5 heteroatoms. The third kappa shape index (κ3) is 2.56. The molecule has 0 aliphatic rings. The molecule has 4 nitrogen and oxygen atoms in total. The molecule has 0 atom stereocenters. The van der Waals surface area contributed by atoms with Crippen LogP contribution in [-0.2, 0) is 13.1 Å². The molecule has 0 saturated heterocycles. The summed E-state index contributed by atoms with van der Waals surface area (Å²) in [6.45, 7) is 4.06. The first kappa shape index (κ1) is 10.2. The Bertz CT molecular complexity index is 393. The van der Waals surface area contributed by atoms with Crippen LogP contribution in [0.25, 0.3) is 0 Å². The Morgan fingerprint density at radius 2 is 2.47 bits per heavy atom. The largest absolute Gasteiger partial charge is 0.355 e. The van der Waals surface area contributed by atoms with E-state index < -0.39 is 0 Å². The van der Waals surface area contributed by atoms with Crippen molar-refractivity contribution in [1.82, 2.24) is 14.8 Å². The van der Waals surface area contributed by atoms with Gasteiger partial charge < -0.3 is 9.88 Å². The molecular weight excluding hydrogens is 208 g/mol. The van der Waals surface area contributed by atoms with Crippen molar-refractivity contribution in [2.75, 3.05) is 5.32 Å². The lowest BCUT2D eigenvalue weighted by molar-refractivity contribution is 0.654. The summed E-state index contributed by atoms with van der Waals surface area (Å²) in [5.74, 6) is 0. The van der Waals surface area contributed by atoms with Crippen LogP contribution < -0.4 is 5.32 Å². The lowest BCUT2D eigenvalue weighted by Crippen LogP contribution is -2.06. The predicted molar refractivity (Wildman–Crippen MR) is 62.0 cm³/mol. The van der Waals surface area contributed by atoms with Gasteiger partial charge in [0.05, 0.1) is 6.54 Å². The van der Waals surface area contributed by atoms with Gasteiger partial charge in [0.25, 0.3) is 0 Å². The van der Waals surface area contributed by atoms with Crippen molar-refractivity contribution >= 4 is 16.5 Å². The van der Waals surface area contributed by atoms with E-state index in [0.717, 1.165) is 24.6 Å². The Hall–Kier alpha value is -1.36. The van der Waals surface area contributed by atoms with E-state index in [0.29, 0.717) is 0 Å². The molecular formula is C10H14N4S. The van der Waals surface area contributed by atoms with Crippen molar-refractivity contribution in [3.05, 3.63) is 29.5 Å². The first-order valence-corrected chi connectivity index (χ1v) is 5.92. The van der Waals surface area contributed by atoms with Crippen molar-refractivity contribution in [3.63, 3.8) is 0 Å². The SMILES string of the molecule is CCCn1cccc1CNc1nncs1. The van der Waals surface area contributed by atoms with Gasteiger partial charge in [0.2, 0.25) is 5.13 Å². The zero-order chi connectivity index (χ0) is 10.5. The fourth-order valence-corrected chi connectivity index (χ4v) is 1.93. The summed E-state index contributed by atoms with van der Waals surface area (Å²) in [6, 6.07) is 4.20. The highest BCUT2D eigenvalue weighted by Gasteiger charge is 2.01. The summed E-state index contributed by atoms with van der Waals surface area (Å²) >= 11 is 1.52. The maximum absolute atomic E-state index is 3.94. The summed E-state index contributed by atoms with van der Waals surface area (Å²) in [5.41, 5.74) is 3.01. The number of aromatic nitrogens is 3. The lowest BCUT2D eigenvalue weighted by Gasteiger charge is -2.07. The van der Waals surface area contributed by atoms with Crippen molar-refractivity contribution in [2.24, 2.45) is 0 Å². The van der Waals surface area contributed by atoms with E-state index in [1.165, 1.54) is 17.0 Å². The van der Waals surface area contributed by atoms with Gasteiger partial charge in [0.15, 0.2) is 0 Å². The van der Waals surface area contributed by atoms with Gasteiger partial charge in [-0.25, -0.2) is 0 Å². The summed E-state index contributed by atoms with van der Waals surface area (Å²) < 4.78 is 2.26. The topological polar surface area (TPSA) is 42.7 Å². The van der Waals surface area contributed by atoms with E-state index in [4.69, 9.17) is 0 Å². The number of hydrogen-bond donors (Lipinski definition) is 1. The van der Waals surface area contributed by atoms with Crippen LogP contribution >= 0.6 is 11.3 Å². The summed E-state index contributed by atoms with van der Waals surface area (Å²) in [4.78, 5) is 0. The average Bonchev–Trinajstić information content (AvgIpc) is 2.85. The van der Waals surface area contributed by atoms with Gasteiger partial charge >= 0.3 is 0 Å². The van der Waals surface area contributed by atoms with Crippen molar-refractivity contribution in [3.8, 4) is 0 Å². The lowest BCUT2D eigenvalue weighted by atomic mass is 10.4. The van der Waals surface area contributed by atoms with E-state index >= 15 is 0 Å². The maximum Gasteiger partial charge on any atom is 0.205 e. The second kappa shape index (κ2) is 4.93. The normalized spacial score (nSPS) is 10.5. The minimum Gasteiger partial charge on any atom is -0.355 e. The van der Waals surface area contributed by atoms with Crippen LogP contribution in [0.5, 0.6) is 0 Å². The van der Waals surface area contributed by atoms with Gasteiger partial charge in [-0.3, -0.25) is 0 Å². The van der Waals surface area contributed by atoms with Crippen molar-refractivity contribution in [2.45, 2.75) is 26.4 Å². The van der Waals surface area contributed by atoms with Crippen LogP contribution in [0.1, 0.15) is 19.0 Å². The molecule has 15 heavy (non-hydrogen) atoms. The van der Waals surface area contributed by atoms with Gasteiger partial charge in [-0.1, -0.05) is 18.3 Å². The van der Waals surface area contributed by atoms with Gasteiger partial charge in [0, 0.05) is 18.4 Å². The maximum atomic E-state index is 3.94. The first-order valence-electron chi connectivity index (χ1n) is 5.04. The highest BCUT2D eigenvalue weighted by Crippen LogP contribution is 2.11. The van der Waals surface area contributed by atoms with Crippen LogP contribution in [0, 0.1) is 0 Å². The molecule has 2 heterocycles. The second-order valence-corrected chi connectivity index (χ2v) is 4.12. The summed E-state index contributed by atoms with van der Waals surface area (Å²) in [6.07, 6.45) is 3.26. The Morgan fingerprint density at radius 3 is 3.20 bits per heavy atom. The third-order valence-electron chi connectivity index (χ3n) is 2.17. The molecule has 2 aromatic rings. The molecule has 80 valence electrons. The zero-order valence-electron chi connectivity index (χ0n) is 8.68. The fraction of sp³-hybridized carbons (Fsp3) is 0.400. The number of nitrogens with zero attached hydrogens (tertiary/aromatic N) is 3. The molecule has 0 aliphatic heterocycles. The van der Waals surface area contributed by atoms with Crippen LogP contribution in [0.3, 0.4) is 0 Å². The molecule has 0 bridgehead atoms. The predicted octanol–water partition coefficient (Wildman–Crippen LogP) is 2.36. The monoisotopic (exact) mass is 222 g/mol. The molecule has 0 spiro atoms. The minimum atomic E-state index is 0.808. The highest BCUT2D eigenvalue weighted by atomic mass is 32.1. The van der Waals surface area contributed by atoms with E-state index in [9.17, 15) is 0 Å². The zero-order valence-corrected chi connectivity index (χ0v) is 9.50. The first-order chi connectivity index (χ1) is 7.40. The number of anilines is 1. The molecule has 0 aliphatic carbocycles. The molecule has 0 fully saturated rings. The second-order valence-electron chi connectivity index (χ2n) is 3.29. The molecule has 0 aromatic carbocycles. The molecule has 2 aromatic heterocycles. The highest BCUT2D eigenvalue weighted by molar-refractivity contribution is 7.13. The van der Waals surface area contributed by atoms with E-state index in [1.807, 2.05) is 0 Å². The quantitative estimate of drug-likeness (QED) is 0.844. The smallest absolute Gasteiger partial charge is 0.205 e. The summed E-state index contributed by atoms with van der Waals surface area (Å²) in [5, 5.41) is 11.8. The van der Waals surface area contributed by atoms with Crippen LogP contribution in [-0.4, -0.2) is 14.8 Å². The number of nitrogens with one attached hydrogen (secondary N) is 1. The number of hydrogen-bond acceptors (Lipinski definition) is 4. The standard InChI is InChI=1S/C10H14N4S/c1-2-5-14-6-3-4-9(14)7-11-10-13-12-8-15-10/h3-4,6,8H,2,5,7H2,1H3,(H,11,13). The molecule has 1 N–H and O–H groups in total.